The number of thioether (sulfide) groups is 2. The smallest absolute Gasteiger partial charge is 0.368 e. The fraction of sp³-hybridized carbons (Fsp3) is 0.200. The highest BCUT2D eigenvalue weighted by molar-refractivity contribution is 8.00. The highest BCUT2D eigenvalue weighted by Crippen LogP contribution is 2.42. The zero-order valence-electron chi connectivity index (χ0n) is 13.0. The van der Waals surface area contributed by atoms with E-state index in [1.54, 1.807) is 0 Å². The number of benzene rings is 2. The van der Waals surface area contributed by atoms with Gasteiger partial charge in [0.2, 0.25) is 0 Å². The molecular weight excluding hydrogens is 457 g/mol. The van der Waals surface area contributed by atoms with E-state index in [1.165, 1.54) is 36.4 Å². The fourth-order valence-electron chi connectivity index (χ4n) is 1.88. The highest BCUT2D eigenvalue weighted by Gasteiger charge is 2.31. The maximum atomic E-state index is 12.4. The molecular formula is C15H10Cl2F6N2S2. The van der Waals surface area contributed by atoms with Crippen LogP contribution >= 0.6 is 46.7 Å². The summed E-state index contributed by atoms with van der Waals surface area (Å²) in [7, 11) is 0. The summed E-state index contributed by atoms with van der Waals surface area (Å²) in [6, 6.07) is 8.02. The molecule has 27 heavy (non-hydrogen) atoms. The highest BCUT2D eigenvalue weighted by atomic mass is 35.5. The monoisotopic (exact) mass is 466 g/mol. The minimum Gasteiger partial charge on any atom is -0.368 e. The minimum atomic E-state index is -4.43. The van der Waals surface area contributed by atoms with Crippen molar-refractivity contribution in [3.05, 3.63) is 46.4 Å². The first-order chi connectivity index (χ1) is 12.4. The van der Waals surface area contributed by atoms with Crippen molar-refractivity contribution in [2.24, 2.45) is 0 Å². The second-order valence-corrected chi connectivity index (χ2v) is 7.94. The number of alkyl halides is 6. The van der Waals surface area contributed by atoms with Gasteiger partial charge in [0.25, 0.3) is 0 Å². The van der Waals surface area contributed by atoms with Crippen LogP contribution in [0.4, 0.5) is 37.7 Å². The Bertz CT molecular complexity index is 733. The third-order valence-corrected chi connectivity index (χ3v) is 5.36. The first-order valence-electron chi connectivity index (χ1n) is 7.01. The summed E-state index contributed by atoms with van der Waals surface area (Å²) in [5.74, 6) is 0. The number of nitrogens with one attached hydrogen (secondary N) is 2. The van der Waals surface area contributed by atoms with E-state index in [0.717, 1.165) is 0 Å². The van der Waals surface area contributed by atoms with Crippen molar-refractivity contribution in [2.45, 2.75) is 20.8 Å². The Balaban J connectivity index is 1.93. The second-order valence-electron chi connectivity index (χ2n) is 4.92. The van der Waals surface area contributed by atoms with E-state index in [0.29, 0.717) is 11.4 Å². The predicted octanol–water partition coefficient (Wildman–Crippen LogP) is 7.70. The number of hydrogen-bond donors (Lipinski definition) is 2. The molecule has 0 unspecified atom stereocenters. The van der Waals surface area contributed by atoms with Crippen LogP contribution < -0.4 is 10.6 Å². The van der Waals surface area contributed by atoms with Crippen molar-refractivity contribution in [1.29, 1.82) is 0 Å². The van der Waals surface area contributed by atoms with E-state index in [9.17, 15) is 26.3 Å². The Morgan fingerprint density at radius 1 is 0.704 bits per heavy atom. The molecule has 0 aliphatic carbocycles. The largest absolute Gasteiger partial charge is 0.446 e. The Morgan fingerprint density at radius 2 is 1.07 bits per heavy atom. The van der Waals surface area contributed by atoms with Crippen LogP contribution in [-0.2, 0) is 0 Å². The maximum Gasteiger partial charge on any atom is 0.446 e. The Morgan fingerprint density at radius 3 is 1.37 bits per heavy atom. The first kappa shape index (κ1) is 22.2. The molecule has 0 saturated heterocycles. The molecule has 2 aromatic rings. The number of rotatable bonds is 6. The lowest BCUT2D eigenvalue weighted by atomic mass is 10.3. The van der Waals surface area contributed by atoms with Gasteiger partial charge in [0, 0.05) is 21.2 Å². The first-order valence-corrected chi connectivity index (χ1v) is 9.40. The molecule has 2 rings (SSSR count). The van der Waals surface area contributed by atoms with Crippen molar-refractivity contribution in [3.63, 3.8) is 0 Å². The van der Waals surface area contributed by atoms with Crippen LogP contribution in [-0.4, -0.2) is 17.7 Å². The van der Waals surface area contributed by atoms with Gasteiger partial charge in [-0.3, -0.25) is 0 Å². The van der Waals surface area contributed by atoms with E-state index < -0.39 is 11.0 Å². The second kappa shape index (κ2) is 8.93. The Labute approximate surface area is 169 Å². The van der Waals surface area contributed by atoms with Crippen molar-refractivity contribution >= 4 is 58.1 Å². The average Bonchev–Trinajstić information content (AvgIpc) is 2.50. The third-order valence-electron chi connectivity index (χ3n) is 2.90. The number of halogens is 8. The van der Waals surface area contributed by atoms with Gasteiger partial charge in [-0.15, -0.1) is 0 Å². The van der Waals surface area contributed by atoms with Crippen LogP contribution in [0.1, 0.15) is 0 Å². The molecule has 0 atom stereocenters. The van der Waals surface area contributed by atoms with Crippen LogP contribution in [0.15, 0.2) is 46.2 Å². The van der Waals surface area contributed by atoms with E-state index in [4.69, 9.17) is 23.2 Å². The van der Waals surface area contributed by atoms with Crippen molar-refractivity contribution in [3.8, 4) is 0 Å². The fourth-order valence-corrected chi connectivity index (χ4v) is 3.56. The van der Waals surface area contributed by atoms with Gasteiger partial charge in [-0.05, 0) is 59.9 Å². The van der Waals surface area contributed by atoms with Crippen molar-refractivity contribution < 1.29 is 26.3 Å². The van der Waals surface area contributed by atoms with Gasteiger partial charge >= 0.3 is 11.0 Å². The van der Waals surface area contributed by atoms with Crippen molar-refractivity contribution in [2.75, 3.05) is 17.3 Å². The molecule has 148 valence electrons. The van der Waals surface area contributed by atoms with E-state index >= 15 is 0 Å². The molecule has 0 aromatic heterocycles. The Hall–Kier alpha value is -1.10. The minimum absolute atomic E-state index is 0.0566. The molecule has 0 aliphatic heterocycles. The molecule has 0 amide bonds. The molecule has 2 N–H and O–H groups in total. The topological polar surface area (TPSA) is 24.1 Å². The molecule has 0 spiro atoms. The SMILES string of the molecule is FC(F)(F)Sc1ccc(NCNc2ccc(SC(F)(F)F)c(Cl)c2)cc1Cl. The van der Waals surface area contributed by atoms with Gasteiger partial charge in [0.1, 0.15) is 0 Å². The summed E-state index contributed by atoms with van der Waals surface area (Å²) in [5, 5.41) is 5.65. The lowest BCUT2D eigenvalue weighted by Gasteiger charge is -2.13. The van der Waals surface area contributed by atoms with Crippen LogP contribution in [0.3, 0.4) is 0 Å². The summed E-state index contributed by atoms with van der Waals surface area (Å²) in [4.78, 5) is -0.237. The average molecular weight is 467 g/mol. The lowest BCUT2D eigenvalue weighted by Crippen LogP contribution is -2.11. The summed E-state index contributed by atoms with van der Waals surface area (Å²) in [6.07, 6.45) is 0. The van der Waals surface area contributed by atoms with Gasteiger partial charge < -0.3 is 10.6 Å². The van der Waals surface area contributed by atoms with Crippen LogP contribution in [0.25, 0.3) is 0 Å². The summed E-state index contributed by atoms with van der Waals surface area (Å²) in [6.45, 7) is 0.143. The summed E-state index contributed by atoms with van der Waals surface area (Å²) < 4.78 is 74.2. The van der Waals surface area contributed by atoms with Gasteiger partial charge in [-0.25, -0.2) is 0 Å². The summed E-state index contributed by atoms with van der Waals surface area (Å²) in [5.41, 5.74) is -7.94. The zero-order chi connectivity index (χ0) is 20.2. The predicted molar refractivity (Wildman–Crippen MR) is 98.8 cm³/mol. The molecule has 0 saturated carbocycles. The number of anilines is 2. The van der Waals surface area contributed by atoms with E-state index in [-0.39, 0.29) is 50.0 Å². The molecule has 0 aliphatic rings. The number of hydrogen-bond acceptors (Lipinski definition) is 4. The van der Waals surface area contributed by atoms with Gasteiger partial charge in [0.15, 0.2) is 0 Å². The molecule has 0 radical (unpaired) electrons. The lowest BCUT2D eigenvalue weighted by molar-refractivity contribution is -0.0337. The van der Waals surface area contributed by atoms with E-state index in [2.05, 4.69) is 10.6 Å². The molecule has 0 fully saturated rings. The molecule has 0 heterocycles. The molecule has 0 bridgehead atoms. The Kier molecular flexibility index (Phi) is 7.34. The maximum absolute atomic E-state index is 12.4. The van der Waals surface area contributed by atoms with Crippen molar-refractivity contribution in [1.82, 2.24) is 0 Å². The van der Waals surface area contributed by atoms with Gasteiger partial charge in [0.05, 0.1) is 16.7 Å². The molecule has 2 aromatic carbocycles. The van der Waals surface area contributed by atoms with Crippen LogP contribution in [0.2, 0.25) is 10.0 Å². The summed E-state index contributed by atoms with van der Waals surface area (Å²) >= 11 is 11.0. The van der Waals surface area contributed by atoms with E-state index in [1.807, 2.05) is 0 Å². The quantitative estimate of drug-likeness (QED) is 0.258. The zero-order valence-corrected chi connectivity index (χ0v) is 16.2. The normalized spacial score (nSPS) is 12.1. The standard InChI is InChI=1S/C15H10Cl2F6N2S2/c16-10-5-8(1-3-12(10)26-14(18,19)20)24-7-25-9-2-4-13(11(17)6-9)27-15(21,22)23/h1-6,24-25H,7H2. The van der Waals surface area contributed by atoms with Gasteiger partial charge in [-0.1, -0.05) is 23.2 Å². The molecule has 2 nitrogen and oxygen atoms in total. The van der Waals surface area contributed by atoms with Crippen LogP contribution in [0, 0.1) is 0 Å². The third kappa shape index (κ3) is 7.81. The van der Waals surface area contributed by atoms with Gasteiger partial charge in [-0.2, -0.15) is 26.3 Å². The molecule has 12 heteroatoms. The van der Waals surface area contributed by atoms with Crippen LogP contribution in [0.5, 0.6) is 0 Å².